The summed E-state index contributed by atoms with van der Waals surface area (Å²) < 4.78 is 86.4. The number of carbonyl (C=O) groups is 2. The van der Waals surface area contributed by atoms with Crippen LogP contribution in [-0.2, 0) is 9.59 Å². The normalized spacial score (nSPS) is 20.6. The molecule has 34 heavy (non-hydrogen) atoms. The third kappa shape index (κ3) is 6.47. The Kier molecular flexibility index (Phi) is 8.78. The summed E-state index contributed by atoms with van der Waals surface area (Å²) in [5, 5.41) is 3.96. The monoisotopic (exact) mass is 498 g/mol. The summed E-state index contributed by atoms with van der Waals surface area (Å²) in [6.07, 6.45) is -8.33. The van der Waals surface area contributed by atoms with E-state index >= 15 is 0 Å². The molecule has 1 fully saturated rings. The van der Waals surface area contributed by atoms with Crippen LogP contribution in [0.5, 0.6) is 0 Å². The Balaban J connectivity index is 2.54. The molecular formula is C24H36F6N2O2. The summed E-state index contributed by atoms with van der Waals surface area (Å²) >= 11 is 0. The molecule has 0 aromatic carbocycles. The van der Waals surface area contributed by atoms with Gasteiger partial charge in [0.05, 0.1) is 5.57 Å². The van der Waals surface area contributed by atoms with Crippen molar-refractivity contribution in [3.8, 4) is 0 Å². The van der Waals surface area contributed by atoms with E-state index in [0.717, 1.165) is 32.1 Å². The molecule has 2 aliphatic rings. The van der Waals surface area contributed by atoms with Gasteiger partial charge in [-0.3, -0.25) is 9.59 Å². The van der Waals surface area contributed by atoms with Gasteiger partial charge in [-0.25, -0.2) is 0 Å². The van der Waals surface area contributed by atoms with Crippen LogP contribution in [0.4, 0.5) is 26.3 Å². The Bertz CT molecular complexity index is 763. The first-order valence-electron chi connectivity index (χ1n) is 12.0. The van der Waals surface area contributed by atoms with Crippen molar-refractivity contribution in [3.05, 3.63) is 11.3 Å². The number of nitrogens with one attached hydrogen (secondary N) is 2. The van der Waals surface area contributed by atoms with Gasteiger partial charge in [0.15, 0.2) is 5.78 Å². The molecule has 2 aliphatic carbocycles. The Hall–Kier alpha value is -1.74. The van der Waals surface area contributed by atoms with E-state index in [2.05, 4.69) is 5.32 Å². The molecule has 0 saturated heterocycles. The summed E-state index contributed by atoms with van der Waals surface area (Å²) in [4.78, 5) is 25.5. The Morgan fingerprint density at radius 1 is 1.00 bits per heavy atom. The van der Waals surface area contributed by atoms with Crippen molar-refractivity contribution in [3.63, 3.8) is 0 Å². The fraction of sp³-hybridized carbons (Fsp3) is 0.833. The summed E-state index contributed by atoms with van der Waals surface area (Å²) in [7, 11) is 0. The molecule has 2 N–H and O–H groups in total. The van der Waals surface area contributed by atoms with E-state index in [9.17, 15) is 35.9 Å². The number of hydrogen-bond acceptors (Lipinski definition) is 3. The summed E-state index contributed by atoms with van der Waals surface area (Å²) in [6.45, 7) is 6.81. The summed E-state index contributed by atoms with van der Waals surface area (Å²) in [6, 6.07) is 0. The number of amides is 1. The highest BCUT2D eigenvalue weighted by molar-refractivity contribution is 6.01. The summed E-state index contributed by atoms with van der Waals surface area (Å²) in [5.41, 5.74) is -7.43. The molecule has 0 heterocycles. The molecule has 2 rings (SSSR count). The van der Waals surface area contributed by atoms with Crippen LogP contribution >= 0.6 is 0 Å². The van der Waals surface area contributed by atoms with Crippen molar-refractivity contribution in [2.45, 2.75) is 103 Å². The van der Waals surface area contributed by atoms with Crippen LogP contribution in [-0.4, -0.2) is 36.1 Å². The zero-order valence-electron chi connectivity index (χ0n) is 20.3. The van der Waals surface area contributed by atoms with E-state index in [1.54, 1.807) is 27.7 Å². The van der Waals surface area contributed by atoms with E-state index < -0.39 is 59.1 Å². The third-order valence-corrected chi connectivity index (χ3v) is 6.66. The largest absolute Gasteiger partial charge is 0.425 e. The van der Waals surface area contributed by atoms with Crippen LogP contribution in [0.1, 0.15) is 85.5 Å². The highest BCUT2D eigenvalue weighted by Gasteiger charge is 2.75. The maximum absolute atomic E-state index is 14.4. The smallest absolute Gasteiger partial charge is 0.388 e. The molecule has 4 nitrogen and oxygen atoms in total. The van der Waals surface area contributed by atoms with Gasteiger partial charge >= 0.3 is 12.4 Å². The molecular weight excluding hydrogens is 462 g/mol. The average Bonchev–Trinajstić information content (AvgIpc) is 2.67. The molecule has 0 atom stereocenters. The average molecular weight is 499 g/mol. The topological polar surface area (TPSA) is 58.2 Å². The van der Waals surface area contributed by atoms with Gasteiger partial charge in [0.1, 0.15) is 0 Å². The molecule has 10 heteroatoms. The standard InChI is InChI=1S/C24H36F6N2O2/c1-15(2)14-31-17-12-21(3,4)13-18(33)20(17)22(23(25,26)27,24(28,29)30)32-19(34)11-10-16-8-6-5-7-9-16/h15-16,31H,5-14H2,1-4H3,(H,32,34). The lowest BCUT2D eigenvalue weighted by molar-refractivity contribution is -0.292. The lowest BCUT2D eigenvalue weighted by Gasteiger charge is -2.44. The second-order valence-corrected chi connectivity index (χ2v) is 10.9. The number of halogens is 6. The Morgan fingerprint density at radius 3 is 2.06 bits per heavy atom. The zero-order chi connectivity index (χ0) is 25.9. The van der Waals surface area contributed by atoms with Crippen molar-refractivity contribution in [2.75, 3.05) is 6.54 Å². The second-order valence-electron chi connectivity index (χ2n) is 10.9. The number of Topliss-reactive ketones (excluding diaryl/α,β-unsaturated/α-hetero) is 1. The first-order valence-corrected chi connectivity index (χ1v) is 12.0. The molecule has 0 aromatic rings. The van der Waals surface area contributed by atoms with Crippen LogP contribution in [0.3, 0.4) is 0 Å². The van der Waals surface area contributed by atoms with Gasteiger partial charge in [-0.05, 0) is 30.1 Å². The zero-order valence-corrected chi connectivity index (χ0v) is 20.3. The van der Waals surface area contributed by atoms with Gasteiger partial charge < -0.3 is 10.6 Å². The quantitative estimate of drug-likeness (QED) is 0.391. The predicted molar refractivity (Wildman–Crippen MR) is 117 cm³/mol. The molecule has 0 spiro atoms. The first-order chi connectivity index (χ1) is 15.5. The van der Waals surface area contributed by atoms with E-state index in [1.165, 1.54) is 5.32 Å². The van der Waals surface area contributed by atoms with E-state index in [1.807, 2.05) is 0 Å². The van der Waals surface area contributed by atoms with Gasteiger partial charge in [-0.1, -0.05) is 59.8 Å². The van der Waals surface area contributed by atoms with Crippen molar-refractivity contribution >= 4 is 11.7 Å². The van der Waals surface area contributed by atoms with Gasteiger partial charge in [0.25, 0.3) is 5.54 Å². The fourth-order valence-electron chi connectivity index (χ4n) is 4.97. The van der Waals surface area contributed by atoms with E-state index in [0.29, 0.717) is 0 Å². The van der Waals surface area contributed by atoms with Crippen molar-refractivity contribution in [2.24, 2.45) is 17.3 Å². The van der Waals surface area contributed by atoms with Gasteiger partial charge in [-0.15, -0.1) is 0 Å². The lowest BCUT2D eigenvalue weighted by Crippen LogP contribution is -2.70. The fourth-order valence-corrected chi connectivity index (χ4v) is 4.97. The molecule has 0 radical (unpaired) electrons. The molecule has 1 amide bonds. The van der Waals surface area contributed by atoms with E-state index in [-0.39, 0.29) is 31.2 Å². The summed E-state index contributed by atoms with van der Waals surface area (Å²) in [5.74, 6) is -2.60. The molecule has 196 valence electrons. The van der Waals surface area contributed by atoms with Crippen molar-refractivity contribution in [1.29, 1.82) is 0 Å². The van der Waals surface area contributed by atoms with Gasteiger partial charge in [0, 0.05) is 25.1 Å². The Labute approximate surface area is 197 Å². The van der Waals surface area contributed by atoms with Crippen LogP contribution in [0, 0.1) is 17.3 Å². The number of ketones is 1. The molecule has 0 aliphatic heterocycles. The minimum atomic E-state index is -5.97. The number of hydrogen-bond donors (Lipinski definition) is 2. The molecule has 0 aromatic heterocycles. The highest BCUT2D eigenvalue weighted by atomic mass is 19.4. The molecule has 0 bridgehead atoms. The number of allylic oxidation sites excluding steroid dienone is 1. The second kappa shape index (κ2) is 10.5. The third-order valence-electron chi connectivity index (χ3n) is 6.66. The number of rotatable bonds is 8. The van der Waals surface area contributed by atoms with Crippen LogP contribution in [0.25, 0.3) is 0 Å². The molecule has 1 saturated carbocycles. The maximum atomic E-state index is 14.4. The number of carbonyl (C=O) groups excluding carboxylic acids is 2. The SMILES string of the molecule is CC(C)CNC1=C(C(NC(=O)CCC2CCCCC2)(C(F)(F)F)C(F)(F)F)C(=O)CC(C)(C)C1. The van der Waals surface area contributed by atoms with Gasteiger partial charge in [0.2, 0.25) is 5.91 Å². The highest BCUT2D eigenvalue weighted by Crippen LogP contribution is 2.52. The maximum Gasteiger partial charge on any atom is 0.425 e. The number of alkyl halides is 6. The molecule has 0 unspecified atom stereocenters. The minimum absolute atomic E-state index is 0.0869. The van der Waals surface area contributed by atoms with Crippen LogP contribution in [0.15, 0.2) is 11.3 Å². The predicted octanol–water partition coefficient (Wildman–Crippen LogP) is 6.22. The minimum Gasteiger partial charge on any atom is -0.388 e. The van der Waals surface area contributed by atoms with Crippen molar-refractivity contribution in [1.82, 2.24) is 10.6 Å². The Morgan fingerprint density at radius 2 is 1.56 bits per heavy atom. The van der Waals surface area contributed by atoms with Crippen molar-refractivity contribution < 1.29 is 35.9 Å². The van der Waals surface area contributed by atoms with Crippen LogP contribution in [0.2, 0.25) is 0 Å². The first kappa shape index (κ1) is 28.5. The van der Waals surface area contributed by atoms with Crippen LogP contribution < -0.4 is 10.6 Å². The van der Waals surface area contributed by atoms with Gasteiger partial charge in [-0.2, -0.15) is 26.3 Å². The lowest BCUT2D eigenvalue weighted by atomic mass is 9.70. The van der Waals surface area contributed by atoms with E-state index in [4.69, 9.17) is 0 Å².